The zero-order valence-electron chi connectivity index (χ0n) is 9.60. The maximum Gasteiger partial charge on any atom is 0.244 e. The Hall–Kier alpha value is -2.29. The zero-order valence-corrected chi connectivity index (χ0v) is 9.60. The van der Waals surface area contributed by atoms with E-state index in [1.807, 2.05) is 36.4 Å². The minimum atomic E-state index is -0.433. The van der Waals surface area contributed by atoms with Crippen molar-refractivity contribution >= 4 is 28.4 Å². The van der Waals surface area contributed by atoms with Gasteiger partial charge in [0.1, 0.15) is 0 Å². The molecule has 2 aromatic carbocycles. The average molecular weight is 226 g/mol. The number of hydrogen-bond acceptors (Lipinski definition) is 2. The summed E-state index contributed by atoms with van der Waals surface area (Å²) in [5, 5.41) is 2.17. The van der Waals surface area contributed by atoms with Crippen LogP contribution in [0.3, 0.4) is 0 Å². The van der Waals surface area contributed by atoms with Crippen LogP contribution >= 0.6 is 0 Å². The molecule has 0 heterocycles. The third-order valence-corrected chi connectivity index (χ3v) is 2.71. The minimum absolute atomic E-state index is 0.433. The van der Waals surface area contributed by atoms with Gasteiger partial charge in [-0.15, -0.1) is 0 Å². The molecule has 0 spiro atoms. The number of primary amides is 1. The second kappa shape index (κ2) is 4.29. The zero-order chi connectivity index (χ0) is 12.4. The first-order valence-corrected chi connectivity index (χ1v) is 5.34. The van der Waals surface area contributed by atoms with E-state index in [2.05, 4.69) is 0 Å². The third kappa shape index (κ3) is 2.28. The van der Waals surface area contributed by atoms with Crippen LogP contribution in [-0.4, -0.2) is 5.91 Å². The molecule has 0 aliphatic rings. The summed E-state index contributed by atoms with van der Waals surface area (Å²) in [6.45, 7) is 1.68. The van der Waals surface area contributed by atoms with Crippen molar-refractivity contribution in [1.82, 2.24) is 0 Å². The highest BCUT2D eigenvalue weighted by Gasteiger charge is 2.02. The number of anilines is 1. The van der Waals surface area contributed by atoms with Crippen LogP contribution < -0.4 is 11.5 Å². The Kier molecular flexibility index (Phi) is 2.83. The van der Waals surface area contributed by atoms with E-state index in [1.165, 1.54) is 0 Å². The Labute approximate surface area is 99.7 Å². The molecule has 1 amide bonds. The molecule has 17 heavy (non-hydrogen) atoms. The first kappa shape index (κ1) is 11.2. The van der Waals surface area contributed by atoms with E-state index in [0.717, 1.165) is 16.3 Å². The molecule has 4 N–H and O–H groups in total. The number of nitrogen functional groups attached to an aromatic ring is 1. The summed E-state index contributed by atoms with van der Waals surface area (Å²) >= 11 is 0. The van der Waals surface area contributed by atoms with Gasteiger partial charge in [0.05, 0.1) is 0 Å². The van der Waals surface area contributed by atoms with Crippen molar-refractivity contribution in [3.05, 3.63) is 47.5 Å². The van der Waals surface area contributed by atoms with E-state index in [-0.39, 0.29) is 0 Å². The predicted octanol–water partition coefficient (Wildman–Crippen LogP) is 2.31. The number of nitrogens with two attached hydrogens (primary N) is 2. The Bertz CT molecular complexity index is 615. The molecule has 0 aliphatic carbocycles. The molecule has 2 rings (SSSR count). The molecule has 0 radical (unpaired) electrons. The fraction of sp³-hybridized carbons (Fsp3) is 0.0714. The van der Waals surface area contributed by atoms with Gasteiger partial charge in [-0.3, -0.25) is 4.79 Å². The summed E-state index contributed by atoms with van der Waals surface area (Å²) in [6, 6.07) is 11.8. The monoisotopic (exact) mass is 226 g/mol. The Morgan fingerprint density at radius 3 is 2.35 bits per heavy atom. The summed E-state index contributed by atoms with van der Waals surface area (Å²) in [6.07, 6.45) is 1.71. The molecule has 3 nitrogen and oxygen atoms in total. The number of benzene rings is 2. The van der Waals surface area contributed by atoms with E-state index in [4.69, 9.17) is 11.5 Å². The number of rotatable bonds is 2. The normalized spacial score (nSPS) is 11.7. The fourth-order valence-electron chi connectivity index (χ4n) is 1.70. The number of hydrogen-bond donors (Lipinski definition) is 2. The Morgan fingerprint density at radius 1 is 1.18 bits per heavy atom. The van der Waals surface area contributed by atoms with Crippen molar-refractivity contribution in [2.75, 3.05) is 5.73 Å². The smallest absolute Gasteiger partial charge is 0.244 e. The number of carbonyl (C=O) groups excluding carboxylic acids is 1. The molecule has 2 aromatic rings. The van der Waals surface area contributed by atoms with Crippen LogP contribution in [0, 0.1) is 0 Å². The third-order valence-electron chi connectivity index (χ3n) is 2.71. The molecule has 0 aliphatic heterocycles. The van der Waals surface area contributed by atoms with Crippen molar-refractivity contribution in [3.63, 3.8) is 0 Å². The van der Waals surface area contributed by atoms with Crippen LogP contribution in [-0.2, 0) is 4.79 Å². The molecule has 86 valence electrons. The Morgan fingerprint density at radius 2 is 1.76 bits per heavy atom. The van der Waals surface area contributed by atoms with Crippen LogP contribution in [0.1, 0.15) is 12.5 Å². The van der Waals surface area contributed by atoms with Gasteiger partial charge in [0.2, 0.25) is 5.91 Å². The van der Waals surface area contributed by atoms with Crippen molar-refractivity contribution in [3.8, 4) is 0 Å². The largest absolute Gasteiger partial charge is 0.398 e. The second-order valence-corrected chi connectivity index (χ2v) is 4.02. The molecule has 0 unspecified atom stereocenters. The SMILES string of the molecule is CC(=Cc1cc2ccccc2cc1N)C(N)=O. The van der Waals surface area contributed by atoms with E-state index in [0.29, 0.717) is 11.3 Å². The molecular weight excluding hydrogens is 212 g/mol. The van der Waals surface area contributed by atoms with E-state index in [1.54, 1.807) is 13.0 Å². The predicted molar refractivity (Wildman–Crippen MR) is 71.2 cm³/mol. The lowest BCUT2D eigenvalue weighted by molar-refractivity contribution is -0.114. The van der Waals surface area contributed by atoms with Gasteiger partial charge in [-0.1, -0.05) is 24.3 Å². The van der Waals surface area contributed by atoms with E-state index in [9.17, 15) is 4.79 Å². The second-order valence-electron chi connectivity index (χ2n) is 4.02. The molecular formula is C14H14N2O. The van der Waals surface area contributed by atoms with Gasteiger partial charge in [0, 0.05) is 11.3 Å². The maximum absolute atomic E-state index is 11.0. The van der Waals surface area contributed by atoms with Gasteiger partial charge in [-0.25, -0.2) is 0 Å². The van der Waals surface area contributed by atoms with Crippen LogP contribution in [0.2, 0.25) is 0 Å². The van der Waals surface area contributed by atoms with Crippen molar-refractivity contribution < 1.29 is 4.79 Å². The van der Waals surface area contributed by atoms with Gasteiger partial charge < -0.3 is 11.5 Å². The lowest BCUT2D eigenvalue weighted by Crippen LogP contribution is -2.11. The summed E-state index contributed by atoms with van der Waals surface area (Å²) in [5.74, 6) is -0.433. The van der Waals surface area contributed by atoms with Crippen LogP contribution in [0.4, 0.5) is 5.69 Å². The highest BCUT2D eigenvalue weighted by atomic mass is 16.1. The molecule has 0 aromatic heterocycles. The van der Waals surface area contributed by atoms with Crippen molar-refractivity contribution in [2.45, 2.75) is 6.92 Å². The first-order valence-electron chi connectivity index (χ1n) is 5.34. The standard InChI is InChI=1S/C14H14N2O/c1-9(14(16)17)6-12-7-10-4-2-3-5-11(10)8-13(12)15/h2-8H,15H2,1H3,(H2,16,17). The van der Waals surface area contributed by atoms with Crippen LogP contribution in [0.25, 0.3) is 16.8 Å². The average Bonchev–Trinajstić information content (AvgIpc) is 2.29. The highest BCUT2D eigenvalue weighted by molar-refractivity contribution is 5.98. The summed E-state index contributed by atoms with van der Waals surface area (Å²) in [4.78, 5) is 11.0. The van der Waals surface area contributed by atoms with Gasteiger partial charge >= 0.3 is 0 Å². The number of amides is 1. The Balaban J connectivity index is 2.59. The van der Waals surface area contributed by atoms with Crippen LogP contribution in [0.15, 0.2) is 42.0 Å². The molecule has 0 bridgehead atoms. The molecule has 0 saturated heterocycles. The molecule has 0 fully saturated rings. The number of fused-ring (bicyclic) bond motifs is 1. The lowest BCUT2D eigenvalue weighted by Gasteiger charge is -2.05. The summed E-state index contributed by atoms with van der Waals surface area (Å²) in [7, 11) is 0. The molecule has 0 saturated carbocycles. The van der Waals surface area contributed by atoms with Gasteiger partial charge in [-0.05, 0) is 41.5 Å². The quantitative estimate of drug-likeness (QED) is 0.609. The van der Waals surface area contributed by atoms with E-state index >= 15 is 0 Å². The number of carbonyl (C=O) groups is 1. The van der Waals surface area contributed by atoms with Gasteiger partial charge in [0.25, 0.3) is 0 Å². The fourth-order valence-corrected chi connectivity index (χ4v) is 1.70. The van der Waals surface area contributed by atoms with Gasteiger partial charge in [-0.2, -0.15) is 0 Å². The topological polar surface area (TPSA) is 69.1 Å². The summed E-state index contributed by atoms with van der Waals surface area (Å²) in [5.41, 5.74) is 13.1. The maximum atomic E-state index is 11.0. The van der Waals surface area contributed by atoms with Crippen LogP contribution in [0.5, 0.6) is 0 Å². The van der Waals surface area contributed by atoms with E-state index < -0.39 is 5.91 Å². The molecule has 3 heteroatoms. The highest BCUT2D eigenvalue weighted by Crippen LogP contribution is 2.23. The minimum Gasteiger partial charge on any atom is -0.398 e. The first-order chi connectivity index (χ1) is 8.08. The molecule has 0 atom stereocenters. The lowest BCUT2D eigenvalue weighted by atomic mass is 10.0. The summed E-state index contributed by atoms with van der Waals surface area (Å²) < 4.78 is 0. The van der Waals surface area contributed by atoms with Crippen molar-refractivity contribution in [2.24, 2.45) is 5.73 Å². The van der Waals surface area contributed by atoms with Gasteiger partial charge in [0.15, 0.2) is 0 Å². The van der Waals surface area contributed by atoms with Crippen molar-refractivity contribution in [1.29, 1.82) is 0 Å².